The Hall–Kier alpha value is -0.930. The van der Waals surface area contributed by atoms with Gasteiger partial charge in [-0.25, -0.2) is 4.39 Å². The van der Waals surface area contributed by atoms with Crippen molar-refractivity contribution in [2.75, 3.05) is 6.54 Å². The van der Waals surface area contributed by atoms with E-state index in [9.17, 15) is 4.39 Å². The molecule has 0 bridgehead atoms. The number of rotatable bonds is 6. The van der Waals surface area contributed by atoms with Crippen LogP contribution < -0.4 is 5.73 Å². The third-order valence-corrected chi connectivity index (χ3v) is 2.67. The van der Waals surface area contributed by atoms with Gasteiger partial charge in [0.25, 0.3) is 0 Å². The summed E-state index contributed by atoms with van der Waals surface area (Å²) in [6.45, 7) is 6.58. The van der Waals surface area contributed by atoms with Crippen LogP contribution in [0.5, 0.6) is 0 Å². The molecule has 0 spiro atoms. The first kappa shape index (κ1) is 14.1. The van der Waals surface area contributed by atoms with Crippen molar-refractivity contribution in [2.24, 2.45) is 11.7 Å². The van der Waals surface area contributed by atoms with Gasteiger partial charge in [0.15, 0.2) is 0 Å². The van der Waals surface area contributed by atoms with E-state index in [0.717, 1.165) is 6.42 Å². The minimum Gasteiger partial charge on any atom is -0.369 e. The molecular weight excluding hydrogens is 217 g/mol. The molecule has 1 aromatic rings. The van der Waals surface area contributed by atoms with E-state index in [2.05, 4.69) is 13.8 Å². The van der Waals surface area contributed by atoms with Gasteiger partial charge >= 0.3 is 0 Å². The van der Waals surface area contributed by atoms with Crippen molar-refractivity contribution in [2.45, 2.75) is 39.4 Å². The van der Waals surface area contributed by atoms with Crippen LogP contribution in [0.15, 0.2) is 24.3 Å². The van der Waals surface area contributed by atoms with E-state index < -0.39 is 0 Å². The van der Waals surface area contributed by atoms with Crippen LogP contribution in [0.3, 0.4) is 0 Å². The van der Waals surface area contributed by atoms with Gasteiger partial charge in [0.2, 0.25) is 0 Å². The van der Waals surface area contributed by atoms with E-state index in [-0.39, 0.29) is 18.0 Å². The lowest BCUT2D eigenvalue weighted by atomic mass is 10.1. The molecule has 0 aliphatic carbocycles. The Balaban J connectivity index is 2.69. The fourth-order valence-corrected chi connectivity index (χ4v) is 1.99. The summed E-state index contributed by atoms with van der Waals surface area (Å²) < 4.78 is 19.4. The van der Waals surface area contributed by atoms with Crippen LogP contribution in [0, 0.1) is 11.7 Å². The summed E-state index contributed by atoms with van der Waals surface area (Å²) in [5, 5.41) is 0. The van der Waals surface area contributed by atoms with Crippen LogP contribution in [-0.2, 0) is 4.74 Å². The molecule has 0 amide bonds. The Morgan fingerprint density at radius 1 is 1.24 bits per heavy atom. The zero-order chi connectivity index (χ0) is 12.8. The first-order valence-corrected chi connectivity index (χ1v) is 6.14. The van der Waals surface area contributed by atoms with E-state index in [1.54, 1.807) is 18.2 Å². The molecule has 2 unspecified atom stereocenters. The third kappa shape index (κ3) is 4.44. The molecule has 2 atom stereocenters. The maximum absolute atomic E-state index is 13.6. The van der Waals surface area contributed by atoms with E-state index in [4.69, 9.17) is 10.5 Å². The van der Waals surface area contributed by atoms with Crippen molar-refractivity contribution < 1.29 is 9.13 Å². The Morgan fingerprint density at radius 3 is 2.41 bits per heavy atom. The number of hydrogen-bond acceptors (Lipinski definition) is 2. The summed E-state index contributed by atoms with van der Waals surface area (Å²) in [5.41, 5.74) is 6.21. The van der Waals surface area contributed by atoms with Gasteiger partial charge in [-0.1, -0.05) is 32.0 Å². The SMILES string of the molecule is CC(C)CC(C)OC(CN)c1ccccc1F. The zero-order valence-corrected chi connectivity index (χ0v) is 10.8. The summed E-state index contributed by atoms with van der Waals surface area (Å²) in [6, 6.07) is 6.64. The first-order chi connectivity index (χ1) is 8.04. The second kappa shape index (κ2) is 6.72. The van der Waals surface area contributed by atoms with Gasteiger partial charge in [-0.05, 0) is 25.3 Å². The fourth-order valence-electron chi connectivity index (χ4n) is 1.99. The van der Waals surface area contributed by atoms with Crippen molar-refractivity contribution in [3.8, 4) is 0 Å². The van der Waals surface area contributed by atoms with Gasteiger partial charge in [-0.2, -0.15) is 0 Å². The van der Waals surface area contributed by atoms with Crippen LogP contribution in [0.4, 0.5) is 4.39 Å². The normalized spacial score (nSPS) is 14.9. The summed E-state index contributed by atoms with van der Waals surface area (Å²) in [5.74, 6) is 0.309. The standard InChI is InChI=1S/C14H22FNO/c1-10(2)8-11(3)17-14(9-16)12-6-4-5-7-13(12)15/h4-7,10-11,14H,8-9,16H2,1-3H3. The van der Waals surface area contributed by atoms with Gasteiger partial charge in [-0.15, -0.1) is 0 Å². The molecule has 96 valence electrons. The van der Waals surface area contributed by atoms with Crippen molar-refractivity contribution in [3.63, 3.8) is 0 Å². The van der Waals surface area contributed by atoms with Gasteiger partial charge in [0, 0.05) is 12.1 Å². The molecule has 0 aliphatic rings. The van der Waals surface area contributed by atoms with Crippen LogP contribution in [0.25, 0.3) is 0 Å². The number of benzene rings is 1. The van der Waals surface area contributed by atoms with Crippen LogP contribution in [0.2, 0.25) is 0 Å². The van der Waals surface area contributed by atoms with E-state index >= 15 is 0 Å². The predicted molar refractivity (Wildman–Crippen MR) is 68.2 cm³/mol. The summed E-state index contributed by atoms with van der Waals surface area (Å²) in [6.07, 6.45) is 0.679. The molecule has 0 aromatic heterocycles. The van der Waals surface area contributed by atoms with Gasteiger partial charge in [0.05, 0.1) is 12.2 Å². The van der Waals surface area contributed by atoms with E-state index in [1.807, 2.05) is 6.92 Å². The minimum absolute atomic E-state index is 0.0863. The first-order valence-electron chi connectivity index (χ1n) is 6.14. The quantitative estimate of drug-likeness (QED) is 0.826. The van der Waals surface area contributed by atoms with Crippen molar-refractivity contribution in [1.29, 1.82) is 0 Å². The van der Waals surface area contributed by atoms with Crippen LogP contribution in [-0.4, -0.2) is 12.6 Å². The lowest BCUT2D eigenvalue weighted by molar-refractivity contribution is -0.0100. The largest absolute Gasteiger partial charge is 0.369 e. The van der Waals surface area contributed by atoms with Crippen molar-refractivity contribution >= 4 is 0 Å². The molecule has 3 heteroatoms. The summed E-state index contributed by atoms with van der Waals surface area (Å²) >= 11 is 0. The van der Waals surface area contributed by atoms with Gasteiger partial charge < -0.3 is 10.5 Å². The van der Waals surface area contributed by atoms with Crippen LogP contribution in [0.1, 0.15) is 38.9 Å². The van der Waals surface area contributed by atoms with Crippen molar-refractivity contribution in [3.05, 3.63) is 35.6 Å². The summed E-state index contributed by atoms with van der Waals surface area (Å²) in [4.78, 5) is 0. The maximum atomic E-state index is 13.6. The van der Waals surface area contributed by atoms with Gasteiger partial charge in [0.1, 0.15) is 5.82 Å². The lowest BCUT2D eigenvalue weighted by Crippen LogP contribution is -2.22. The lowest BCUT2D eigenvalue weighted by Gasteiger charge is -2.23. The second-order valence-electron chi connectivity index (χ2n) is 4.82. The molecule has 0 saturated carbocycles. The highest BCUT2D eigenvalue weighted by atomic mass is 19.1. The number of ether oxygens (including phenoxy) is 1. The van der Waals surface area contributed by atoms with Gasteiger partial charge in [-0.3, -0.25) is 0 Å². The fraction of sp³-hybridized carbons (Fsp3) is 0.571. The molecular formula is C14H22FNO. The highest BCUT2D eigenvalue weighted by molar-refractivity contribution is 5.20. The predicted octanol–water partition coefficient (Wildman–Crippen LogP) is 3.28. The zero-order valence-electron chi connectivity index (χ0n) is 10.8. The molecule has 0 aliphatic heterocycles. The molecule has 2 N–H and O–H groups in total. The average molecular weight is 239 g/mol. The molecule has 0 fully saturated rings. The molecule has 0 saturated heterocycles. The smallest absolute Gasteiger partial charge is 0.129 e. The molecule has 2 nitrogen and oxygen atoms in total. The number of hydrogen-bond donors (Lipinski definition) is 1. The molecule has 0 heterocycles. The maximum Gasteiger partial charge on any atom is 0.129 e. The summed E-state index contributed by atoms with van der Waals surface area (Å²) in [7, 11) is 0. The molecule has 0 radical (unpaired) electrons. The topological polar surface area (TPSA) is 35.2 Å². The highest BCUT2D eigenvalue weighted by Crippen LogP contribution is 2.22. The third-order valence-electron chi connectivity index (χ3n) is 2.67. The Morgan fingerprint density at radius 2 is 1.88 bits per heavy atom. The Bertz CT molecular complexity index is 341. The molecule has 1 aromatic carbocycles. The van der Waals surface area contributed by atoms with Crippen molar-refractivity contribution in [1.82, 2.24) is 0 Å². The Kier molecular flexibility index (Phi) is 5.59. The second-order valence-corrected chi connectivity index (χ2v) is 4.82. The monoisotopic (exact) mass is 239 g/mol. The van der Waals surface area contributed by atoms with E-state index in [0.29, 0.717) is 18.0 Å². The number of nitrogens with two attached hydrogens (primary N) is 1. The average Bonchev–Trinajstić information content (AvgIpc) is 2.26. The van der Waals surface area contributed by atoms with E-state index in [1.165, 1.54) is 6.07 Å². The minimum atomic E-state index is -0.357. The Labute approximate surface area is 103 Å². The molecule has 17 heavy (non-hydrogen) atoms. The molecule has 1 rings (SSSR count). The highest BCUT2D eigenvalue weighted by Gasteiger charge is 2.17. The van der Waals surface area contributed by atoms with Crippen LogP contribution >= 0.6 is 0 Å². The number of halogens is 1.